The first-order chi connectivity index (χ1) is 11.1. The zero-order valence-electron chi connectivity index (χ0n) is 13.3. The maximum absolute atomic E-state index is 12.9. The van der Waals surface area contributed by atoms with Gasteiger partial charge in [0.05, 0.1) is 12.5 Å². The molecule has 3 rings (SSSR count). The van der Waals surface area contributed by atoms with E-state index in [0.29, 0.717) is 11.7 Å². The lowest BCUT2D eigenvalue weighted by Crippen LogP contribution is -2.44. The lowest BCUT2D eigenvalue weighted by Gasteiger charge is -2.40. The highest BCUT2D eigenvalue weighted by atomic mass is 32.2. The topological polar surface area (TPSA) is 46.3 Å². The van der Waals surface area contributed by atoms with E-state index in [1.54, 1.807) is 0 Å². The molecule has 1 heterocycles. The van der Waals surface area contributed by atoms with Crippen molar-refractivity contribution >= 4 is 23.4 Å². The second-order valence-corrected chi connectivity index (χ2v) is 7.42. The Morgan fingerprint density at radius 1 is 1.17 bits per heavy atom. The van der Waals surface area contributed by atoms with E-state index in [2.05, 4.69) is 19.1 Å². The third-order valence-corrected chi connectivity index (χ3v) is 5.49. The maximum Gasteiger partial charge on any atom is 0.227 e. The van der Waals surface area contributed by atoms with E-state index in [9.17, 15) is 4.79 Å². The molecular weight excluding hydrogens is 304 g/mol. The smallest absolute Gasteiger partial charge is 0.227 e. The Hall–Kier alpha value is -1.94. The van der Waals surface area contributed by atoms with Gasteiger partial charge in [-0.1, -0.05) is 49.4 Å². The summed E-state index contributed by atoms with van der Waals surface area (Å²) in [6, 6.07) is 18.1. The number of thioether (sulfide) groups is 1. The minimum absolute atomic E-state index is 0.149. The highest BCUT2D eigenvalue weighted by Gasteiger charge is 2.33. The number of rotatable bonds is 3. The standard InChI is InChI=1S/C19H22N2OS/c1-14-19(16-5-3-2-4-6-16)21(11-12-23-14)18(22)13-15-7-9-17(20)10-8-15/h2-10,14,19H,11-13,20H2,1H3/t14-,19+/m1/s1. The molecule has 2 aromatic rings. The van der Waals surface area contributed by atoms with Crippen LogP contribution in [0.4, 0.5) is 5.69 Å². The number of nitrogen functional groups attached to an aromatic ring is 1. The predicted molar refractivity (Wildman–Crippen MR) is 97.4 cm³/mol. The van der Waals surface area contributed by atoms with Gasteiger partial charge in [-0.15, -0.1) is 0 Å². The summed E-state index contributed by atoms with van der Waals surface area (Å²) in [5.74, 6) is 1.19. The monoisotopic (exact) mass is 326 g/mol. The van der Waals surface area contributed by atoms with Crippen LogP contribution in [0.3, 0.4) is 0 Å². The molecule has 1 amide bonds. The fourth-order valence-electron chi connectivity index (χ4n) is 3.11. The SMILES string of the molecule is C[C@H]1SCCN(C(=O)Cc2ccc(N)cc2)[C@@H]1c1ccccc1. The van der Waals surface area contributed by atoms with Crippen molar-refractivity contribution in [2.24, 2.45) is 0 Å². The number of nitrogens with two attached hydrogens (primary N) is 1. The molecule has 1 aliphatic rings. The molecule has 0 aromatic heterocycles. The van der Waals surface area contributed by atoms with Crippen molar-refractivity contribution in [1.29, 1.82) is 0 Å². The second-order valence-electron chi connectivity index (χ2n) is 5.94. The Morgan fingerprint density at radius 3 is 2.57 bits per heavy atom. The molecule has 0 radical (unpaired) electrons. The highest BCUT2D eigenvalue weighted by Crippen LogP contribution is 2.36. The van der Waals surface area contributed by atoms with Crippen molar-refractivity contribution < 1.29 is 4.79 Å². The Balaban J connectivity index is 1.80. The number of benzene rings is 2. The Bertz CT molecular complexity index is 657. The zero-order valence-corrected chi connectivity index (χ0v) is 14.1. The average Bonchev–Trinajstić information content (AvgIpc) is 2.57. The van der Waals surface area contributed by atoms with Crippen molar-refractivity contribution in [3.63, 3.8) is 0 Å². The van der Waals surface area contributed by atoms with E-state index in [1.165, 1.54) is 5.56 Å². The molecule has 2 aromatic carbocycles. The summed E-state index contributed by atoms with van der Waals surface area (Å²) in [5, 5.41) is 0.404. The summed E-state index contributed by atoms with van der Waals surface area (Å²) in [6.45, 7) is 3.02. The molecule has 2 atom stereocenters. The third kappa shape index (κ3) is 3.70. The molecular formula is C19H22N2OS. The van der Waals surface area contributed by atoms with Crippen LogP contribution in [-0.2, 0) is 11.2 Å². The molecule has 0 saturated carbocycles. The summed E-state index contributed by atoms with van der Waals surface area (Å²) in [4.78, 5) is 14.9. The number of hydrogen-bond acceptors (Lipinski definition) is 3. The molecule has 3 nitrogen and oxygen atoms in total. The minimum atomic E-state index is 0.149. The molecule has 1 aliphatic heterocycles. The Morgan fingerprint density at radius 2 is 1.87 bits per heavy atom. The lowest BCUT2D eigenvalue weighted by atomic mass is 10.0. The van der Waals surface area contributed by atoms with Crippen LogP contribution in [0.5, 0.6) is 0 Å². The third-order valence-electron chi connectivity index (χ3n) is 4.29. The molecule has 0 spiro atoms. The van der Waals surface area contributed by atoms with Gasteiger partial charge in [0.15, 0.2) is 0 Å². The van der Waals surface area contributed by atoms with E-state index in [0.717, 1.165) is 23.5 Å². The summed E-state index contributed by atoms with van der Waals surface area (Å²) in [6.07, 6.45) is 0.432. The van der Waals surface area contributed by atoms with Gasteiger partial charge in [-0.3, -0.25) is 4.79 Å². The molecule has 120 valence electrons. The van der Waals surface area contributed by atoms with Crippen molar-refractivity contribution in [1.82, 2.24) is 4.90 Å². The van der Waals surface area contributed by atoms with Crippen LogP contribution in [0.2, 0.25) is 0 Å². The second kappa shape index (κ2) is 7.09. The Labute approximate surface area is 141 Å². The lowest BCUT2D eigenvalue weighted by molar-refractivity contribution is -0.132. The molecule has 0 aliphatic carbocycles. The Kier molecular flexibility index (Phi) is 4.91. The van der Waals surface area contributed by atoms with E-state index in [1.807, 2.05) is 59.1 Å². The largest absolute Gasteiger partial charge is 0.399 e. The van der Waals surface area contributed by atoms with Crippen molar-refractivity contribution in [3.05, 3.63) is 65.7 Å². The van der Waals surface area contributed by atoms with Crippen molar-refractivity contribution in [3.8, 4) is 0 Å². The quantitative estimate of drug-likeness (QED) is 0.878. The summed E-state index contributed by atoms with van der Waals surface area (Å²) in [7, 11) is 0. The van der Waals surface area contributed by atoms with Gasteiger partial charge in [0.2, 0.25) is 5.91 Å². The van der Waals surface area contributed by atoms with Gasteiger partial charge in [0.25, 0.3) is 0 Å². The molecule has 4 heteroatoms. The first-order valence-electron chi connectivity index (χ1n) is 7.95. The van der Waals surface area contributed by atoms with Crippen LogP contribution < -0.4 is 5.73 Å². The number of amides is 1. The molecule has 1 fully saturated rings. The number of hydrogen-bond donors (Lipinski definition) is 1. The van der Waals surface area contributed by atoms with Crippen LogP contribution >= 0.6 is 11.8 Å². The van der Waals surface area contributed by atoms with Crippen LogP contribution in [0, 0.1) is 0 Å². The van der Waals surface area contributed by atoms with Gasteiger partial charge in [-0.25, -0.2) is 0 Å². The summed E-state index contributed by atoms with van der Waals surface area (Å²) >= 11 is 1.94. The van der Waals surface area contributed by atoms with Gasteiger partial charge in [-0.05, 0) is 23.3 Å². The number of nitrogens with zero attached hydrogens (tertiary/aromatic N) is 1. The van der Waals surface area contributed by atoms with Crippen molar-refractivity contribution in [2.75, 3.05) is 18.0 Å². The number of carbonyl (C=O) groups is 1. The van der Waals surface area contributed by atoms with E-state index in [-0.39, 0.29) is 11.9 Å². The van der Waals surface area contributed by atoms with E-state index in [4.69, 9.17) is 5.73 Å². The van der Waals surface area contributed by atoms with Crippen LogP contribution in [0.15, 0.2) is 54.6 Å². The van der Waals surface area contributed by atoms with E-state index >= 15 is 0 Å². The molecule has 1 saturated heterocycles. The first kappa shape index (κ1) is 15.9. The van der Waals surface area contributed by atoms with Crippen LogP contribution in [-0.4, -0.2) is 28.4 Å². The molecule has 0 unspecified atom stereocenters. The molecule has 0 bridgehead atoms. The summed E-state index contributed by atoms with van der Waals surface area (Å²) in [5.41, 5.74) is 8.68. The van der Waals surface area contributed by atoms with E-state index < -0.39 is 0 Å². The number of carbonyl (C=O) groups excluding carboxylic acids is 1. The van der Waals surface area contributed by atoms with Crippen LogP contribution in [0.25, 0.3) is 0 Å². The first-order valence-corrected chi connectivity index (χ1v) is 9.00. The minimum Gasteiger partial charge on any atom is -0.399 e. The highest BCUT2D eigenvalue weighted by molar-refractivity contribution is 8.00. The number of anilines is 1. The van der Waals surface area contributed by atoms with Crippen molar-refractivity contribution in [2.45, 2.75) is 24.6 Å². The van der Waals surface area contributed by atoms with Gasteiger partial charge in [0, 0.05) is 23.2 Å². The van der Waals surface area contributed by atoms with Gasteiger partial charge in [-0.2, -0.15) is 11.8 Å². The average molecular weight is 326 g/mol. The fraction of sp³-hybridized carbons (Fsp3) is 0.316. The van der Waals surface area contributed by atoms with Gasteiger partial charge >= 0.3 is 0 Å². The maximum atomic E-state index is 12.9. The predicted octanol–water partition coefficient (Wildman–Crippen LogP) is 3.52. The normalized spacial score (nSPS) is 21.2. The summed E-state index contributed by atoms with van der Waals surface area (Å²) < 4.78 is 0. The molecule has 23 heavy (non-hydrogen) atoms. The van der Waals surface area contributed by atoms with Gasteiger partial charge < -0.3 is 10.6 Å². The fourth-order valence-corrected chi connectivity index (χ4v) is 4.27. The molecule has 2 N–H and O–H groups in total. The van der Waals surface area contributed by atoms with Crippen LogP contribution in [0.1, 0.15) is 24.1 Å². The van der Waals surface area contributed by atoms with Gasteiger partial charge in [0.1, 0.15) is 0 Å². The zero-order chi connectivity index (χ0) is 16.2.